The van der Waals surface area contributed by atoms with Crippen LogP contribution in [0.15, 0.2) is 206 Å². The second-order valence-corrected chi connectivity index (χ2v) is 12.6. The summed E-state index contributed by atoms with van der Waals surface area (Å²) in [6, 6.07) is 69.5. The van der Waals surface area contributed by atoms with Crippen molar-refractivity contribution in [3.8, 4) is 22.3 Å². The molecule has 52 heavy (non-hydrogen) atoms. The van der Waals surface area contributed by atoms with Gasteiger partial charge in [-0.15, -0.1) is 0 Å². The summed E-state index contributed by atoms with van der Waals surface area (Å²) in [5, 5.41) is 5.30. The van der Waals surface area contributed by atoms with E-state index in [0.717, 1.165) is 24.0 Å². The summed E-state index contributed by atoms with van der Waals surface area (Å²) in [6.45, 7) is 0. The Bertz CT molecular complexity index is 2150. The van der Waals surface area contributed by atoms with Crippen molar-refractivity contribution >= 4 is 33.1 Å². The second kappa shape index (κ2) is 18.6. The number of rotatable bonds is 9. The van der Waals surface area contributed by atoms with E-state index in [1.54, 1.807) is 0 Å². The molecule has 0 aromatic heterocycles. The van der Waals surface area contributed by atoms with Gasteiger partial charge in [0.2, 0.25) is 0 Å². The smallest absolute Gasteiger partial charge is 0.162 e. The molecule has 0 radical (unpaired) electrons. The van der Waals surface area contributed by atoms with Crippen molar-refractivity contribution in [3.05, 3.63) is 217 Å². The zero-order chi connectivity index (χ0) is 35.8. The average Bonchev–Trinajstić information content (AvgIpc) is 3.24. The summed E-state index contributed by atoms with van der Waals surface area (Å²) in [5.74, 6) is 0.301. The molecule has 2 nitrogen and oxygen atoms in total. The van der Waals surface area contributed by atoms with Crippen LogP contribution in [-0.4, -0.2) is 11.6 Å². The van der Waals surface area contributed by atoms with Gasteiger partial charge in [-0.25, -0.2) is 0 Å². The second-order valence-electron chi connectivity index (χ2n) is 12.6. The highest BCUT2D eigenvalue weighted by Crippen LogP contribution is 2.31. The van der Waals surface area contributed by atoms with Crippen molar-refractivity contribution in [1.29, 1.82) is 0 Å². The fraction of sp³-hybridized carbons (Fsp3) is 0.0800. The van der Waals surface area contributed by atoms with E-state index in [-0.39, 0.29) is 11.6 Å². The topological polar surface area (TPSA) is 34.1 Å². The van der Waals surface area contributed by atoms with Crippen LogP contribution in [0.1, 0.15) is 46.4 Å². The fourth-order valence-electron chi connectivity index (χ4n) is 6.28. The van der Waals surface area contributed by atoms with Gasteiger partial charge in [0.1, 0.15) is 0 Å². The normalized spacial score (nSPS) is 10.4. The van der Waals surface area contributed by atoms with Crippen molar-refractivity contribution < 1.29 is 9.59 Å². The highest BCUT2D eigenvalue weighted by Gasteiger charge is 2.08. The first kappa shape index (κ1) is 35.4. The summed E-state index contributed by atoms with van der Waals surface area (Å²) in [4.78, 5) is 23.7. The summed E-state index contributed by atoms with van der Waals surface area (Å²) in [5.41, 5.74) is 6.59. The molecular formula is C50H42O2. The van der Waals surface area contributed by atoms with E-state index in [9.17, 15) is 9.59 Å². The number of carbonyl (C=O) groups is 2. The Morgan fingerprint density at radius 1 is 0.308 bits per heavy atom. The zero-order valence-corrected chi connectivity index (χ0v) is 29.3. The van der Waals surface area contributed by atoms with Crippen LogP contribution in [0.5, 0.6) is 0 Å². The molecule has 0 fully saturated rings. The first-order valence-electron chi connectivity index (χ1n) is 17.9. The maximum atomic E-state index is 11.9. The fourth-order valence-corrected chi connectivity index (χ4v) is 6.28. The summed E-state index contributed by atoms with van der Waals surface area (Å²) >= 11 is 0. The van der Waals surface area contributed by atoms with Crippen LogP contribution >= 0.6 is 0 Å². The minimum absolute atomic E-state index is 0.151. The van der Waals surface area contributed by atoms with Crippen LogP contribution in [0, 0.1) is 0 Å². The highest BCUT2D eigenvalue weighted by molar-refractivity contribution is 6.07. The first-order valence-corrected chi connectivity index (χ1v) is 17.9. The van der Waals surface area contributed by atoms with Crippen LogP contribution < -0.4 is 0 Å². The SMILES string of the molecule is O=C(CCCCC(=O)c1ccccc1)c1ccccc1.c1ccc(-c2ccccc2-c2ccccc2)cc1.c1ccc2c(c1)ccc1ccccc12. The number of ketones is 2. The molecule has 0 unspecified atom stereocenters. The van der Waals surface area contributed by atoms with Crippen LogP contribution in [0.4, 0.5) is 0 Å². The lowest BCUT2D eigenvalue weighted by molar-refractivity contribution is 0.0954. The van der Waals surface area contributed by atoms with Gasteiger partial charge in [0.05, 0.1) is 0 Å². The molecule has 0 N–H and O–H groups in total. The first-order chi connectivity index (χ1) is 25.7. The van der Waals surface area contributed by atoms with Gasteiger partial charge in [-0.2, -0.15) is 0 Å². The Balaban J connectivity index is 0.000000136. The van der Waals surface area contributed by atoms with Crippen molar-refractivity contribution in [3.63, 3.8) is 0 Å². The van der Waals surface area contributed by atoms with Crippen LogP contribution in [-0.2, 0) is 0 Å². The molecule has 0 saturated heterocycles. The minimum Gasteiger partial charge on any atom is -0.294 e. The van der Waals surface area contributed by atoms with Gasteiger partial charge in [-0.05, 0) is 56.6 Å². The van der Waals surface area contributed by atoms with E-state index in [1.807, 2.05) is 60.7 Å². The molecule has 0 spiro atoms. The van der Waals surface area contributed by atoms with Gasteiger partial charge in [0.15, 0.2) is 11.6 Å². The molecule has 0 aliphatic rings. The molecule has 254 valence electrons. The monoisotopic (exact) mass is 674 g/mol. The standard InChI is InChI=1S/C18H18O2.C18H14.C14H10/c19-17(15-9-3-1-4-10-15)13-7-8-14-18(20)16-11-5-2-6-12-16;1-3-9-15(10-4-1)17-13-7-8-14-18(17)16-11-5-2-6-12-16;1-3-7-13-11(5-1)9-10-12-6-2-4-8-14(12)13/h1-6,9-12H,7-8,13-14H2;1-14H;1-10H. The lowest BCUT2D eigenvalue weighted by Gasteiger charge is -2.09. The van der Waals surface area contributed by atoms with E-state index in [1.165, 1.54) is 43.8 Å². The number of hydrogen-bond acceptors (Lipinski definition) is 2. The van der Waals surface area contributed by atoms with E-state index in [0.29, 0.717) is 12.8 Å². The summed E-state index contributed by atoms with van der Waals surface area (Å²) in [6.07, 6.45) is 2.52. The minimum atomic E-state index is 0.151. The number of carbonyl (C=O) groups excluding carboxylic acids is 2. The Hall–Kier alpha value is -6.38. The van der Waals surface area contributed by atoms with Gasteiger partial charge in [-0.3, -0.25) is 9.59 Å². The van der Waals surface area contributed by atoms with Gasteiger partial charge in [-0.1, -0.05) is 206 Å². The van der Waals surface area contributed by atoms with Gasteiger partial charge >= 0.3 is 0 Å². The molecule has 0 aliphatic carbocycles. The molecule has 2 heteroatoms. The third kappa shape index (κ3) is 9.65. The Labute approximate surface area is 307 Å². The van der Waals surface area contributed by atoms with Crippen molar-refractivity contribution in [2.24, 2.45) is 0 Å². The highest BCUT2D eigenvalue weighted by atomic mass is 16.1. The Morgan fingerprint density at radius 3 is 1.00 bits per heavy atom. The Kier molecular flexibility index (Phi) is 12.7. The van der Waals surface area contributed by atoms with Gasteiger partial charge in [0.25, 0.3) is 0 Å². The number of unbranched alkanes of at least 4 members (excludes halogenated alkanes) is 1. The molecule has 0 atom stereocenters. The quantitative estimate of drug-likeness (QED) is 0.0867. The molecule has 8 aromatic rings. The van der Waals surface area contributed by atoms with E-state index >= 15 is 0 Å². The van der Waals surface area contributed by atoms with Crippen molar-refractivity contribution in [2.45, 2.75) is 25.7 Å². The predicted octanol–water partition coefficient (Wildman–Crippen LogP) is 13.3. The van der Waals surface area contributed by atoms with Gasteiger partial charge < -0.3 is 0 Å². The molecule has 0 amide bonds. The lowest BCUT2D eigenvalue weighted by Crippen LogP contribution is -2.01. The predicted molar refractivity (Wildman–Crippen MR) is 219 cm³/mol. The van der Waals surface area contributed by atoms with Crippen molar-refractivity contribution in [1.82, 2.24) is 0 Å². The Morgan fingerprint density at radius 2 is 0.615 bits per heavy atom. The lowest BCUT2D eigenvalue weighted by atomic mass is 9.95. The summed E-state index contributed by atoms with van der Waals surface area (Å²) in [7, 11) is 0. The number of fused-ring (bicyclic) bond motifs is 3. The molecule has 0 bridgehead atoms. The van der Waals surface area contributed by atoms with Crippen LogP contribution in [0.25, 0.3) is 43.8 Å². The third-order valence-electron chi connectivity index (χ3n) is 9.00. The maximum Gasteiger partial charge on any atom is 0.162 e. The van der Waals surface area contributed by atoms with E-state index in [2.05, 4.69) is 146 Å². The molecule has 8 rings (SSSR count). The number of hydrogen-bond donors (Lipinski definition) is 0. The molecule has 0 saturated carbocycles. The van der Waals surface area contributed by atoms with Crippen LogP contribution in [0.2, 0.25) is 0 Å². The zero-order valence-electron chi connectivity index (χ0n) is 29.3. The molecule has 0 aliphatic heterocycles. The molecule has 8 aromatic carbocycles. The molecule has 0 heterocycles. The number of Topliss-reactive ketones (excluding diaryl/α,β-unsaturated/α-hetero) is 2. The molecular weight excluding hydrogens is 633 g/mol. The average molecular weight is 675 g/mol. The van der Waals surface area contributed by atoms with Crippen LogP contribution in [0.3, 0.4) is 0 Å². The number of benzene rings is 8. The van der Waals surface area contributed by atoms with Crippen molar-refractivity contribution in [2.75, 3.05) is 0 Å². The van der Waals surface area contributed by atoms with E-state index in [4.69, 9.17) is 0 Å². The van der Waals surface area contributed by atoms with E-state index < -0.39 is 0 Å². The summed E-state index contributed by atoms with van der Waals surface area (Å²) < 4.78 is 0. The maximum absolute atomic E-state index is 11.9. The largest absolute Gasteiger partial charge is 0.294 e. The van der Waals surface area contributed by atoms with Gasteiger partial charge in [0, 0.05) is 24.0 Å². The third-order valence-corrected chi connectivity index (χ3v) is 9.00.